The number of methoxy groups -OCH3 is 1. The van der Waals surface area contributed by atoms with E-state index in [0.29, 0.717) is 27.9 Å². The fourth-order valence-electron chi connectivity index (χ4n) is 4.23. The highest BCUT2D eigenvalue weighted by Crippen LogP contribution is 2.45. The van der Waals surface area contributed by atoms with E-state index in [9.17, 15) is 10.1 Å². The molecule has 170 valence electrons. The number of thiocarbonyl (C=S) groups is 1. The number of rotatable bonds is 6. The lowest BCUT2D eigenvalue weighted by Gasteiger charge is -2.27. The predicted molar refractivity (Wildman–Crippen MR) is 132 cm³/mol. The minimum absolute atomic E-state index is 0.0219. The third-order valence-corrected chi connectivity index (χ3v) is 6.04. The van der Waals surface area contributed by atoms with Crippen molar-refractivity contribution in [2.45, 2.75) is 12.1 Å². The van der Waals surface area contributed by atoms with Gasteiger partial charge in [0.2, 0.25) is 0 Å². The molecule has 0 saturated carbocycles. The van der Waals surface area contributed by atoms with Crippen LogP contribution in [0, 0.1) is 10.1 Å². The fraction of sp³-hybridized carbons (Fsp3) is 0.120. The van der Waals surface area contributed by atoms with Crippen molar-refractivity contribution < 1.29 is 14.1 Å². The largest absolute Gasteiger partial charge is 0.495 e. The second kappa shape index (κ2) is 8.95. The highest BCUT2D eigenvalue weighted by molar-refractivity contribution is 7.80. The molecule has 8 nitrogen and oxygen atoms in total. The molecule has 0 radical (unpaired) electrons. The van der Waals surface area contributed by atoms with E-state index in [1.54, 1.807) is 37.6 Å². The molecule has 1 aliphatic rings. The highest BCUT2D eigenvalue weighted by Gasteiger charge is 2.43. The first-order chi connectivity index (χ1) is 16.6. The van der Waals surface area contributed by atoms with E-state index in [-0.39, 0.29) is 11.7 Å². The maximum atomic E-state index is 11.6. The van der Waals surface area contributed by atoms with Crippen LogP contribution in [0.1, 0.15) is 23.5 Å². The van der Waals surface area contributed by atoms with Crippen LogP contribution < -0.4 is 15.0 Å². The number of hydrogen-bond acceptors (Lipinski definition) is 6. The van der Waals surface area contributed by atoms with Gasteiger partial charge < -0.3 is 19.4 Å². The molecule has 3 heterocycles. The fourth-order valence-corrected chi connectivity index (χ4v) is 4.57. The number of nitrogens with zero attached hydrogens (tertiary/aromatic N) is 3. The quantitative estimate of drug-likeness (QED) is 0.225. The van der Waals surface area contributed by atoms with E-state index in [2.05, 4.69) is 10.3 Å². The summed E-state index contributed by atoms with van der Waals surface area (Å²) < 4.78 is 11.9. The molecule has 2 atom stereocenters. The molecule has 5 rings (SSSR count). The Bertz CT molecular complexity index is 1360. The number of nitro benzene ring substituents is 1. The summed E-state index contributed by atoms with van der Waals surface area (Å²) in [7, 11) is 1.61. The molecule has 0 spiro atoms. The molecule has 1 N–H and O–H groups in total. The summed E-state index contributed by atoms with van der Waals surface area (Å²) in [5, 5.41) is 15.4. The van der Waals surface area contributed by atoms with E-state index < -0.39 is 11.0 Å². The summed E-state index contributed by atoms with van der Waals surface area (Å²) in [6.45, 7) is 0. The van der Waals surface area contributed by atoms with Crippen LogP contribution in [-0.2, 0) is 0 Å². The van der Waals surface area contributed by atoms with Crippen LogP contribution in [0.25, 0.3) is 11.3 Å². The Morgan fingerprint density at radius 1 is 1.06 bits per heavy atom. The summed E-state index contributed by atoms with van der Waals surface area (Å²) in [6, 6.07) is 22.6. The molecule has 0 amide bonds. The van der Waals surface area contributed by atoms with Crippen molar-refractivity contribution in [2.24, 2.45) is 0 Å². The van der Waals surface area contributed by atoms with Gasteiger partial charge in [0.05, 0.1) is 35.0 Å². The van der Waals surface area contributed by atoms with Crippen molar-refractivity contribution in [2.75, 3.05) is 12.0 Å². The molecule has 34 heavy (non-hydrogen) atoms. The maximum Gasteiger partial charge on any atom is 0.280 e. The molecule has 9 heteroatoms. The predicted octanol–water partition coefficient (Wildman–Crippen LogP) is 5.44. The van der Waals surface area contributed by atoms with Gasteiger partial charge in [-0.2, -0.15) is 0 Å². The molecule has 1 aliphatic heterocycles. The van der Waals surface area contributed by atoms with Gasteiger partial charge in [-0.15, -0.1) is 0 Å². The van der Waals surface area contributed by atoms with Crippen LogP contribution >= 0.6 is 12.2 Å². The summed E-state index contributed by atoms with van der Waals surface area (Å²) >= 11 is 5.74. The number of benzene rings is 2. The van der Waals surface area contributed by atoms with Gasteiger partial charge >= 0.3 is 0 Å². The van der Waals surface area contributed by atoms with Crippen molar-refractivity contribution in [3.05, 3.63) is 107 Å². The third kappa shape index (κ3) is 3.75. The average molecular weight is 473 g/mol. The third-order valence-electron chi connectivity index (χ3n) is 5.73. The Kier molecular flexibility index (Phi) is 5.69. The van der Waals surface area contributed by atoms with Crippen molar-refractivity contribution in [1.29, 1.82) is 0 Å². The van der Waals surface area contributed by atoms with Crippen LogP contribution in [0.2, 0.25) is 0 Å². The van der Waals surface area contributed by atoms with Gasteiger partial charge in [0.15, 0.2) is 5.11 Å². The Labute approximate surface area is 201 Å². The number of para-hydroxylation sites is 3. The molecule has 4 aromatic rings. The van der Waals surface area contributed by atoms with Gasteiger partial charge in [-0.3, -0.25) is 15.1 Å². The van der Waals surface area contributed by atoms with E-state index in [0.717, 1.165) is 11.4 Å². The van der Waals surface area contributed by atoms with Crippen LogP contribution in [0.5, 0.6) is 5.75 Å². The zero-order valence-electron chi connectivity index (χ0n) is 18.1. The average Bonchev–Trinajstić information content (AvgIpc) is 3.49. The molecular formula is C25H20N4O4S. The van der Waals surface area contributed by atoms with Crippen LogP contribution in [-0.4, -0.2) is 22.1 Å². The van der Waals surface area contributed by atoms with E-state index in [1.165, 1.54) is 6.07 Å². The molecule has 2 unspecified atom stereocenters. The molecule has 0 aliphatic carbocycles. The summed E-state index contributed by atoms with van der Waals surface area (Å²) in [5.74, 6) is 1.64. The second-order valence-corrected chi connectivity index (χ2v) is 8.03. The van der Waals surface area contributed by atoms with Gasteiger partial charge in [0.1, 0.15) is 23.3 Å². The highest BCUT2D eigenvalue weighted by atomic mass is 32.1. The molecule has 1 saturated heterocycles. The van der Waals surface area contributed by atoms with Crippen molar-refractivity contribution >= 4 is 28.7 Å². The molecular weight excluding hydrogens is 452 g/mol. The molecule has 1 fully saturated rings. The number of pyridine rings is 1. The van der Waals surface area contributed by atoms with Gasteiger partial charge in [0, 0.05) is 12.3 Å². The van der Waals surface area contributed by atoms with E-state index in [1.807, 2.05) is 53.4 Å². The normalized spacial score (nSPS) is 17.4. The Balaban J connectivity index is 1.64. The monoisotopic (exact) mass is 472 g/mol. The number of nitro groups is 1. The summed E-state index contributed by atoms with van der Waals surface area (Å²) in [5.41, 5.74) is 1.95. The van der Waals surface area contributed by atoms with Crippen molar-refractivity contribution in [3.63, 3.8) is 0 Å². The minimum atomic E-state index is -0.415. The molecule has 2 aromatic heterocycles. The number of aromatic nitrogens is 1. The first-order valence-corrected chi connectivity index (χ1v) is 11.0. The van der Waals surface area contributed by atoms with Crippen LogP contribution in [0.15, 0.2) is 89.5 Å². The number of furan rings is 1. The Morgan fingerprint density at radius 2 is 1.82 bits per heavy atom. The van der Waals surface area contributed by atoms with Crippen LogP contribution in [0.4, 0.5) is 11.4 Å². The minimum Gasteiger partial charge on any atom is -0.495 e. The van der Waals surface area contributed by atoms with Crippen LogP contribution in [0.3, 0.4) is 0 Å². The summed E-state index contributed by atoms with van der Waals surface area (Å²) in [6.07, 6.45) is 1.73. The zero-order valence-corrected chi connectivity index (χ0v) is 18.9. The Hall–Kier alpha value is -4.24. The van der Waals surface area contributed by atoms with Crippen molar-refractivity contribution in [3.8, 4) is 17.1 Å². The van der Waals surface area contributed by atoms with E-state index >= 15 is 0 Å². The van der Waals surface area contributed by atoms with Gasteiger partial charge in [0.25, 0.3) is 5.69 Å². The molecule has 2 aromatic carbocycles. The van der Waals surface area contributed by atoms with Crippen molar-refractivity contribution in [1.82, 2.24) is 10.3 Å². The number of anilines is 1. The zero-order chi connectivity index (χ0) is 23.7. The molecule has 0 bridgehead atoms. The maximum absolute atomic E-state index is 11.6. The second-order valence-electron chi connectivity index (χ2n) is 7.64. The lowest BCUT2D eigenvalue weighted by atomic mass is 10.0. The first-order valence-electron chi connectivity index (χ1n) is 10.6. The SMILES string of the molecule is COc1ccccc1N1C(=S)NC(c2ccccn2)C1c1ccc(-c2ccccc2[N+](=O)[O-])o1. The van der Waals surface area contributed by atoms with Gasteiger partial charge in [-0.25, -0.2) is 0 Å². The Morgan fingerprint density at radius 3 is 2.59 bits per heavy atom. The number of hydrogen-bond donors (Lipinski definition) is 1. The number of ether oxygens (including phenoxy) is 1. The summed E-state index contributed by atoms with van der Waals surface area (Å²) in [4.78, 5) is 17.6. The lowest BCUT2D eigenvalue weighted by Crippen LogP contribution is -2.29. The van der Waals surface area contributed by atoms with E-state index in [4.69, 9.17) is 21.4 Å². The first kappa shape index (κ1) is 21.6. The number of nitrogens with one attached hydrogen (secondary N) is 1. The smallest absolute Gasteiger partial charge is 0.280 e. The van der Waals surface area contributed by atoms with Gasteiger partial charge in [-0.1, -0.05) is 30.3 Å². The topological polar surface area (TPSA) is 93.7 Å². The van der Waals surface area contributed by atoms with Gasteiger partial charge in [-0.05, 0) is 54.7 Å². The lowest BCUT2D eigenvalue weighted by molar-refractivity contribution is -0.384. The standard InChI is InChI=1S/C25H20N4O4S/c1-32-21-12-5-4-11-19(21)28-24(23(27-25(28)34)17-9-6-7-15-26-17)22-14-13-20(33-22)16-8-2-3-10-18(16)29(30)31/h2-15,23-24H,1H3,(H,27,34).